The third-order valence-corrected chi connectivity index (χ3v) is 31.1. The average molecular weight is 1480 g/mol. The molecule has 9 unspecified atom stereocenters. The molecule has 2 N–H and O–H groups in total. The molecule has 6 heterocycles. The number of hydrogen-bond donors (Lipinski definition) is 1. The van der Waals surface area contributed by atoms with Crippen LogP contribution in [0.25, 0.3) is 32.3 Å². The first kappa shape index (κ1) is 77.1. The number of nitrogens with two attached hydrogens (primary N) is 1. The average Bonchev–Trinajstić information content (AvgIpc) is 0.699. The Labute approximate surface area is 577 Å². The Morgan fingerprint density at radius 1 is 0.541 bits per heavy atom. The van der Waals surface area contributed by atoms with Crippen molar-refractivity contribution in [2.75, 3.05) is 194 Å². The Morgan fingerprint density at radius 3 is 1.42 bits per heavy atom. The van der Waals surface area contributed by atoms with Gasteiger partial charge in [0.15, 0.2) is 0 Å². The third kappa shape index (κ3) is 16.5. The summed E-state index contributed by atoms with van der Waals surface area (Å²) < 4.78 is 204. The summed E-state index contributed by atoms with van der Waals surface area (Å²) >= 11 is 0. The Bertz CT molecular complexity index is 3950. The van der Waals surface area contributed by atoms with Gasteiger partial charge in [-0.3, -0.25) is 18.5 Å². The molecular weight excluding hydrogens is 1400 g/mol. The molecule has 32 nitrogen and oxygen atoms in total. The zero-order chi connectivity index (χ0) is 70.9. The lowest BCUT2D eigenvalue weighted by atomic mass is 9.93. The minimum Gasteiger partial charge on any atom is -0.493 e. The maximum absolute atomic E-state index is 15.0. The highest BCUT2D eigenvalue weighted by molar-refractivity contribution is 7.90. The fraction of sp³-hybridized carbons (Fsp3) is 0.684. The lowest BCUT2D eigenvalue weighted by Crippen LogP contribution is -2.53. The Balaban J connectivity index is 0.805. The first-order valence-electron chi connectivity index (χ1n) is 32.3. The summed E-state index contributed by atoms with van der Waals surface area (Å²) in [5, 5.41) is 1.53. The van der Waals surface area contributed by atoms with Gasteiger partial charge >= 0.3 is 29.1 Å². The molecule has 6 fully saturated rings. The molecule has 0 saturated carbocycles. The number of amides is 2. The zero-order valence-corrected chi connectivity index (χ0v) is 61.4. The molecule has 538 valence electrons. The Morgan fingerprint density at radius 2 is 0.959 bits per heavy atom. The van der Waals surface area contributed by atoms with Crippen LogP contribution in [-0.4, -0.2) is 337 Å². The largest absolute Gasteiger partial charge is 0.493 e. The van der Waals surface area contributed by atoms with Crippen molar-refractivity contribution in [3.05, 3.63) is 36.4 Å². The van der Waals surface area contributed by atoms with Crippen LogP contribution in [0.3, 0.4) is 0 Å². The number of primary amides is 1. The lowest BCUT2D eigenvalue weighted by molar-refractivity contribution is -0.118. The summed E-state index contributed by atoms with van der Waals surface area (Å²) in [6.45, 7) is -0.667. The predicted octanol–water partition coefficient (Wildman–Crippen LogP) is 1.77. The minimum absolute atomic E-state index is 0.0333. The summed E-state index contributed by atoms with van der Waals surface area (Å²) in [5.74, 6) is -0.619. The molecule has 9 atom stereocenters. The van der Waals surface area contributed by atoms with E-state index < -0.39 is 101 Å². The van der Waals surface area contributed by atoms with Gasteiger partial charge in [-0.1, -0.05) is 24.6 Å². The zero-order valence-electron chi connectivity index (χ0n) is 56.2. The molecule has 4 aromatic carbocycles. The van der Waals surface area contributed by atoms with Crippen LogP contribution in [0, 0.1) is 0 Å². The summed E-state index contributed by atoms with van der Waals surface area (Å²) in [7, 11) is 5.09. The monoisotopic (exact) mass is 1480 g/mol. The molecule has 41 heteroatoms. The maximum Gasteiger partial charge on any atom is 0.409 e. The van der Waals surface area contributed by atoms with Gasteiger partial charge in [-0.25, -0.2) is 58.1 Å². The third-order valence-electron chi connectivity index (χ3n) is 17.8. The Hall–Kier alpha value is -3.49. The van der Waals surface area contributed by atoms with Crippen molar-refractivity contribution < 1.29 is 95.3 Å². The molecule has 6 aliphatic heterocycles. The first-order valence-corrected chi connectivity index (χ1v) is 41.2. The molecule has 0 aliphatic carbocycles. The smallest absolute Gasteiger partial charge is 0.409 e. The number of carbonyl (C=O) groups is 2. The molecule has 0 spiro atoms. The van der Waals surface area contributed by atoms with E-state index in [0.717, 1.165) is 6.42 Å². The van der Waals surface area contributed by atoms with Crippen LogP contribution in [0.15, 0.2) is 51.1 Å². The van der Waals surface area contributed by atoms with E-state index in [4.69, 9.17) is 76.0 Å². The number of morpholine rings is 5. The van der Waals surface area contributed by atoms with E-state index >= 15 is 4.57 Å². The van der Waals surface area contributed by atoms with Crippen LogP contribution in [0.5, 0.6) is 5.75 Å². The van der Waals surface area contributed by atoms with Gasteiger partial charge in [0.2, 0.25) is 36.0 Å². The van der Waals surface area contributed by atoms with Gasteiger partial charge in [-0.2, -0.15) is 12.9 Å². The SMILES string of the molecule is [B]C1CN(C(=O)OCCCOc2cc(S(=O)(=O)N3CCOCC3)c3ccc4c(S(=O)(=O)N5CCOCC5)cc(S(=O)(=O)N5CCCCC5)c5ccc2c3c54)CC(COP(=O)(N(C)C)N2CC([B])OC(COP(=O)(N(C)C)N3CC([B])OC(COP(=O)(N(C)C)N(C)CC(N)=O)C3)C2)O1. The van der Waals surface area contributed by atoms with Crippen LogP contribution in [0.4, 0.5) is 4.79 Å². The molecule has 0 bridgehead atoms. The molecule has 6 aliphatic rings. The second-order valence-corrected chi connectivity index (χ2v) is 39.0. The second-order valence-electron chi connectivity index (χ2n) is 25.4. The van der Waals surface area contributed by atoms with Gasteiger partial charge in [-0.05, 0) is 74.3 Å². The van der Waals surface area contributed by atoms with Gasteiger partial charge < -0.3 is 57.4 Å². The van der Waals surface area contributed by atoms with E-state index in [2.05, 4.69) is 0 Å². The van der Waals surface area contributed by atoms with E-state index in [1.807, 2.05) is 0 Å². The predicted molar refractivity (Wildman–Crippen MR) is 365 cm³/mol. The molecule has 2 amide bonds. The number of hydrogen-bond acceptors (Lipinski definition) is 21. The molecule has 6 radical (unpaired) electrons. The maximum atomic E-state index is 15.0. The number of benzene rings is 4. The van der Waals surface area contributed by atoms with Crippen LogP contribution < -0.4 is 10.5 Å². The van der Waals surface area contributed by atoms with Gasteiger partial charge in [0.25, 0.3) is 0 Å². The number of carbonyl (C=O) groups excluding carboxylic acids is 2. The van der Waals surface area contributed by atoms with Crippen molar-refractivity contribution in [2.24, 2.45) is 5.73 Å². The quantitative estimate of drug-likeness (QED) is 0.0366. The molecule has 98 heavy (non-hydrogen) atoms. The van der Waals surface area contributed by atoms with Crippen molar-refractivity contribution in [2.45, 2.75) is 76.7 Å². The number of sulfonamides is 3. The number of piperidine rings is 1. The topological polar surface area (TPSA) is 338 Å². The molecular formula is C57H87B3N11O21P3S3. The summed E-state index contributed by atoms with van der Waals surface area (Å²) in [5.41, 5.74) is 5.37. The standard InChI is InChI=1S/C57H87B3N11O21P3S3/c1-62(2)93(74,65(7)36-54(61)72)87-38-41-31-67(34-52(59)91-41)95(76,64(5)6)89-39-42-32-68(35-53(60)92-42)94(75,63(3)4)88-37-40-30-66(33-51(58)90-40)57(73)86-23-11-22-85-47-28-48(96(77,78)70-18-24-83-25-19-70)44-14-15-46-50(98(81,82)71-20-26-84-27-21-71)29-49(45-13-12-43(47)55(44)56(45)46)97(79,80)69-16-9-8-10-17-69/h12-15,28-29,40-42,51-53H,8-11,16-27,30-39H2,1-7H3,(H2,61,72). The highest BCUT2D eigenvalue weighted by Crippen LogP contribution is 2.57. The van der Waals surface area contributed by atoms with Crippen LogP contribution in [0.1, 0.15) is 25.7 Å². The van der Waals surface area contributed by atoms with E-state index in [9.17, 15) is 44.0 Å². The van der Waals surface area contributed by atoms with E-state index in [0.29, 0.717) is 18.2 Å². The van der Waals surface area contributed by atoms with Crippen molar-refractivity contribution >= 4 is 121 Å². The van der Waals surface area contributed by atoms with Crippen LogP contribution in [-0.2, 0) is 90.6 Å². The molecule has 6 saturated heterocycles. The first-order chi connectivity index (χ1) is 46.3. The van der Waals surface area contributed by atoms with Crippen molar-refractivity contribution in [1.29, 1.82) is 0 Å². The molecule has 4 aromatic rings. The van der Waals surface area contributed by atoms with Crippen molar-refractivity contribution in [3.8, 4) is 5.75 Å². The number of likely N-dealkylation sites (N-methyl/N-ethyl adjacent to an activating group) is 1. The van der Waals surface area contributed by atoms with Gasteiger partial charge in [0.05, 0.1) is 106 Å². The lowest BCUT2D eigenvalue weighted by Gasteiger charge is -2.45. The summed E-state index contributed by atoms with van der Waals surface area (Å²) in [6.07, 6.45) is -1.24. The minimum atomic E-state index is -4.37. The fourth-order valence-electron chi connectivity index (χ4n) is 12.9. The van der Waals surface area contributed by atoms with Crippen molar-refractivity contribution in [3.63, 3.8) is 0 Å². The molecule has 0 aromatic heterocycles. The number of rotatable bonds is 28. The van der Waals surface area contributed by atoms with Crippen LogP contribution in [0.2, 0.25) is 0 Å². The van der Waals surface area contributed by atoms with Crippen LogP contribution >= 0.6 is 23.0 Å². The van der Waals surface area contributed by atoms with Gasteiger partial charge in [0, 0.05) is 135 Å². The fourth-order valence-corrected chi connectivity index (χ4v) is 23.7. The van der Waals surface area contributed by atoms with Crippen molar-refractivity contribution in [1.82, 2.24) is 45.8 Å². The molecule has 10 rings (SSSR count). The van der Waals surface area contributed by atoms with E-state index in [-0.39, 0.29) is 198 Å². The van der Waals surface area contributed by atoms with Gasteiger partial charge in [-0.15, -0.1) is 0 Å². The highest BCUT2D eigenvalue weighted by Gasteiger charge is 2.46. The van der Waals surface area contributed by atoms with E-state index in [1.54, 1.807) is 46.4 Å². The van der Waals surface area contributed by atoms with E-state index in [1.165, 1.54) is 85.2 Å². The number of ether oxygens (including phenoxy) is 7. The second kappa shape index (κ2) is 31.9. The number of nitrogens with zero attached hydrogens (tertiary/aromatic N) is 10. The Kier molecular flexibility index (Phi) is 25.1. The van der Waals surface area contributed by atoms with Gasteiger partial charge in [0.1, 0.15) is 29.3 Å². The highest BCUT2D eigenvalue weighted by atomic mass is 32.2. The normalized spacial score (nSPS) is 25.7. The summed E-state index contributed by atoms with van der Waals surface area (Å²) in [6, 6.07) is 6.01. The summed E-state index contributed by atoms with van der Waals surface area (Å²) in [4.78, 5) is 26.2.